The molecular weight excluding hydrogens is 445 g/mol. The number of hydrogen-bond donors (Lipinski definition) is 0. The molecule has 3 aromatic rings. The number of benzene rings is 3. The summed E-state index contributed by atoms with van der Waals surface area (Å²) < 4.78 is 12.1. The second kappa shape index (κ2) is 8.28. The number of hydrogen-bond acceptors (Lipinski definition) is 4. The van der Waals surface area contributed by atoms with Crippen molar-refractivity contribution in [3.8, 4) is 11.5 Å². The monoisotopic (exact) mass is 465 g/mol. The molecule has 5 rings (SSSR count). The Morgan fingerprint density at radius 2 is 1.88 bits per heavy atom. The van der Waals surface area contributed by atoms with Gasteiger partial charge in [-0.3, -0.25) is 9.69 Å². The molecule has 0 amide bonds. The summed E-state index contributed by atoms with van der Waals surface area (Å²) in [5, 5.41) is 1.24. The molecule has 0 bridgehead atoms. The van der Waals surface area contributed by atoms with Gasteiger partial charge in [0.1, 0.15) is 18.2 Å². The summed E-state index contributed by atoms with van der Waals surface area (Å²) in [5.74, 6) is 1.60. The standard InChI is InChI=1S/C26H21Cl2NO3/c1-15-5-3-4-6-17(15)10-23-24(30)21-9-19-13-29(12-18-7-8-20(27)11-22(18)28)14-31-25(19)16(2)26(21)32-23/h3-11H,12-14H2,1-2H3/b23-10-. The van der Waals surface area contributed by atoms with Crippen LogP contribution in [0.5, 0.6) is 11.5 Å². The Balaban J connectivity index is 1.43. The largest absolute Gasteiger partial charge is 0.477 e. The smallest absolute Gasteiger partial charge is 0.231 e. The number of ether oxygens (including phenoxy) is 2. The van der Waals surface area contributed by atoms with Gasteiger partial charge in [-0.1, -0.05) is 53.5 Å². The molecule has 0 aromatic heterocycles. The van der Waals surface area contributed by atoms with Crippen LogP contribution in [0, 0.1) is 13.8 Å². The first kappa shape index (κ1) is 21.1. The Morgan fingerprint density at radius 1 is 1.06 bits per heavy atom. The zero-order valence-corrected chi connectivity index (χ0v) is 19.3. The SMILES string of the molecule is Cc1ccccc1/C=C1\Oc2c(cc3c(c2C)OCN(Cc2ccc(Cl)cc2Cl)C3)C1=O. The molecule has 0 atom stereocenters. The number of aryl methyl sites for hydroxylation is 1. The molecular formula is C26H21Cl2NO3. The fourth-order valence-electron chi connectivity index (χ4n) is 4.18. The molecule has 32 heavy (non-hydrogen) atoms. The second-order valence-corrected chi connectivity index (χ2v) is 9.00. The van der Waals surface area contributed by atoms with Crippen LogP contribution in [0.2, 0.25) is 10.0 Å². The molecule has 6 heteroatoms. The first-order valence-electron chi connectivity index (χ1n) is 10.4. The van der Waals surface area contributed by atoms with Crippen LogP contribution in [0.3, 0.4) is 0 Å². The van der Waals surface area contributed by atoms with E-state index in [1.54, 1.807) is 6.07 Å². The highest BCUT2D eigenvalue weighted by Gasteiger charge is 2.33. The summed E-state index contributed by atoms with van der Waals surface area (Å²) >= 11 is 12.4. The quantitative estimate of drug-likeness (QED) is 0.409. The molecule has 0 saturated carbocycles. The lowest BCUT2D eigenvalue weighted by molar-refractivity contribution is 0.0877. The van der Waals surface area contributed by atoms with Crippen LogP contribution in [-0.2, 0) is 13.1 Å². The molecule has 2 aliphatic heterocycles. The van der Waals surface area contributed by atoms with E-state index in [1.807, 2.05) is 62.4 Å². The van der Waals surface area contributed by atoms with Crippen molar-refractivity contribution in [2.75, 3.05) is 6.73 Å². The second-order valence-electron chi connectivity index (χ2n) is 8.16. The highest BCUT2D eigenvalue weighted by Crippen LogP contribution is 2.43. The summed E-state index contributed by atoms with van der Waals surface area (Å²) in [7, 11) is 0. The summed E-state index contributed by atoms with van der Waals surface area (Å²) in [6.45, 7) is 5.64. The van der Waals surface area contributed by atoms with Crippen LogP contribution in [0.25, 0.3) is 6.08 Å². The van der Waals surface area contributed by atoms with Gasteiger partial charge >= 0.3 is 0 Å². The van der Waals surface area contributed by atoms with E-state index in [0.29, 0.717) is 46.9 Å². The Morgan fingerprint density at radius 3 is 2.66 bits per heavy atom. The van der Waals surface area contributed by atoms with Gasteiger partial charge in [-0.25, -0.2) is 0 Å². The lowest BCUT2D eigenvalue weighted by Crippen LogP contribution is -2.32. The number of carbonyl (C=O) groups is 1. The Bertz CT molecular complexity index is 1280. The average molecular weight is 466 g/mol. The summed E-state index contributed by atoms with van der Waals surface area (Å²) in [5.41, 5.74) is 5.42. The number of allylic oxidation sites excluding steroid dienone is 1. The number of ketones is 1. The summed E-state index contributed by atoms with van der Waals surface area (Å²) in [6, 6.07) is 15.3. The molecule has 162 valence electrons. The topological polar surface area (TPSA) is 38.8 Å². The maximum atomic E-state index is 13.1. The van der Waals surface area contributed by atoms with E-state index in [4.69, 9.17) is 32.7 Å². The van der Waals surface area contributed by atoms with Crippen molar-refractivity contribution >= 4 is 35.1 Å². The fourth-order valence-corrected chi connectivity index (χ4v) is 4.65. The van der Waals surface area contributed by atoms with Crippen molar-refractivity contribution in [3.05, 3.63) is 97.7 Å². The Labute approximate surface area is 197 Å². The van der Waals surface area contributed by atoms with Crippen molar-refractivity contribution in [2.24, 2.45) is 0 Å². The molecule has 2 heterocycles. The number of Topliss-reactive ketones (excluding diaryl/α,β-unsaturated/α-hetero) is 1. The highest BCUT2D eigenvalue weighted by atomic mass is 35.5. The van der Waals surface area contributed by atoms with Crippen LogP contribution in [-0.4, -0.2) is 17.4 Å². The van der Waals surface area contributed by atoms with Gasteiger partial charge in [0, 0.05) is 34.3 Å². The molecule has 3 aromatic carbocycles. The van der Waals surface area contributed by atoms with E-state index in [-0.39, 0.29) is 5.78 Å². The van der Waals surface area contributed by atoms with Crippen molar-refractivity contribution in [3.63, 3.8) is 0 Å². The molecule has 0 aliphatic carbocycles. The van der Waals surface area contributed by atoms with Crippen molar-refractivity contribution in [1.82, 2.24) is 4.90 Å². The van der Waals surface area contributed by atoms with Gasteiger partial charge in [-0.05, 0) is 54.8 Å². The van der Waals surface area contributed by atoms with E-state index in [2.05, 4.69) is 4.90 Å². The van der Waals surface area contributed by atoms with Gasteiger partial charge in [0.05, 0.1) is 5.56 Å². The Kier molecular flexibility index (Phi) is 5.46. The molecule has 0 spiro atoms. The third kappa shape index (κ3) is 3.79. The van der Waals surface area contributed by atoms with Crippen molar-refractivity contribution < 1.29 is 14.3 Å². The number of carbonyl (C=O) groups excluding carboxylic acids is 1. The van der Waals surface area contributed by atoms with Crippen LogP contribution in [0.15, 0.2) is 54.3 Å². The third-order valence-corrected chi connectivity index (χ3v) is 6.47. The lowest BCUT2D eigenvalue weighted by Gasteiger charge is -2.30. The predicted molar refractivity (Wildman–Crippen MR) is 126 cm³/mol. The van der Waals surface area contributed by atoms with E-state index in [9.17, 15) is 4.79 Å². The third-order valence-electron chi connectivity index (χ3n) is 5.89. The van der Waals surface area contributed by atoms with Crippen LogP contribution >= 0.6 is 23.2 Å². The van der Waals surface area contributed by atoms with Gasteiger partial charge in [-0.2, -0.15) is 0 Å². The molecule has 4 nitrogen and oxygen atoms in total. The molecule has 0 saturated heterocycles. The fraction of sp³-hybridized carbons (Fsp3) is 0.192. The molecule has 0 N–H and O–H groups in total. The minimum Gasteiger partial charge on any atom is -0.477 e. The lowest BCUT2D eigenvalue weighted by atomic mass is 9.99. The molecule has 0 fully saturated rings. The maximum Gasteiger partial charge on any atom is 0.231 e. The average Bonchev–Trinajstić information content (AvgIpc) is 3.08. The van der Waals surface area contributed by atoms with E-state index in [0.717, 1.165) is 33.6 Å². The van der Waals surface area contributed by atoms with Crippen LogP contribution in [0.4, 0.5) is 0 Å². The van der Waals surface area contributed by atoms with Gasteiger partial charge in [-0.15, -0.1) is 0 Å². The highest BCUT2D eigenvalue weighted by molar-refractivity contribution is 6.35. The van der Waals surface area contributed by atoms with Gasteiger partial charge in [0.15, 0.2) is 5.76 Å². The van der Waals surface area contributed by atoms with E-state index < -0.39 is 0 Å². The molecule has 0 unspecified atom stereocenters. The normalized spacial score (nSPS) is 16.5. The van der Waals surface area contributed by atoms with Gasteiger partial charge in [0.25, 0.3) is 0 Å². The maximum absolute atomic E-state index is 13.1. The van der Waals surface area contributed by atoms with Crippen LogP contribution < -0.4 is 9.47 Å². The first-order chi connectivity index (χ1) is 15.4. The number of fused-ring (bicyclic) bond motifs is 2. The molecule has 2 aliphatic rings. The van der Waals surface area contributed by atoms with Gasteiger partial charge < -0.3 is 9.47 Å². The predicted octanol–water partition coefficient (Wildman–Crippen LogP) is 6.58. The van der Waals surface area contributed by atoms with Crippen LogP contribution in [0.1, 0.15) is 38.2 Å². The minimum atomic E-state index is -0.105. The van der Waals surface area contributed by atoms with E-state index >= 15 is 0 Å². The zero-order valence-electron chi connectivity index (χ0n) is 17.7. The minimum absolute atomic E-state index is 0.105. The number of halogens is 2. The summed E-state index contributed by atoms with van der Waals surface area (Å²) in [6.07, 6.45) is 1.81. The number of rotatable bonds is 3. The zero-order chi connectivity index (χ0) is 22.4. The number of nitrogens with zero attached hydrogens (tertiary/aromatic N) is 1. The van der Waals surface area contributed by atoms with Gasteiger partial charge in [0.2, 0.25) is 5.78 Å². The first-order valence-corrected chi connectivity index (χ1v) is 11.1. The van der Waals surface area contributed by atoms with Crippen molar-refractivity contribution in [1.29, 1.82) is 0 Å². The van der Waals surface area contributed by atoms with Crippen molar-refractivity contribution in [2.45, 2.75) is 26.9 Å². The molecule has 0 radical (unpaired) electrons. The summed E-state index contributed by atoms with van der Waals surface area (Å²) in [4.78, 5) is 15.3. The van der Waals surface area contributed by atoms with E-state index in [1.165, 1.54) is 0 Å². The Hall–Kier alpha value is -2.79.